The number of hydrogen-bond donors (Lipinski definition) is 1. The Bertz CT molecular complexity index is 604. The number of hydrogen-bond acceptors (Lipinski definition) is 3. The summed E-state index contributed by atoms with van der Waals surface area (Å²) in [5.74, 6) is 0.0132. The molecule has 1 aromatic carbocycles. The first-order valence-electron chi connectivity index (χ1n) is 7.86. The molecule has 0 radical (unpaired) electrons. The molecule has 22 heavy (non-hydrogen) atoms. The van der Waals surface area contributed by atoms with Crippen LogP contribution in [-0.4, -0.2) is 32.4 Å². The van der Waals surface area contributed by atoms with E-state index in [1.165, 1.54) is 5.56 Å². The van der Waals surface area contributed by atoms with Gasteiger partial charge in [-0.3, -0.25) is 4.79 Å². The summed E-state index contributed by atoms with van der Waals surface area (Å²) in [6.07, 6.45) is 2.20. The number of sulfone groups is 1. The van der Waals surface area contributed by atoms with Crippen LogP contribution in [0.4, 0.5) is 0 Å². The minimum atomic E-state index is -3.13. The Morgan fingerprint density at radius 2 is 1.86 bits per heavy atom. The highest BCUT2D eigenvalue weighted by Gasteiger charge is 2.44. The molecule has 0 aliphatic heterocycles. The molecule has 1 aliphatic rings. The van der Waals surface area contributed by atoms with E-state index in [2.05, 4.69) is 17.4 Å². The second-order valence-corrected chi connectivity index (χ2v) is 8.91. The zero-order chi connectivity index (χ0) is 16.2. The molecule has 0 bridgehead atoms. The average molecular weight is 323 g/mol. The number of amides is 1. The average Bonchev–Trinajstić information content (AvgIpc) is 3.24. The van der Waals surface area contributed by atoms with Crippen molar-refractivity contribution < 1.29 is 13.2 Å². The van der Waals surface area contributed by atoms with E-state index >= 15 is 0 Å². The molecular weight excluding hydrogens is 298 g/mol. The molecule has 0 spiro atoms. The van der Waals surface area contributed by atoms with Gasteiger partial charge in [0.1, 0.15) is 0 Å². The maximum atomic E-state index is 11.9. The minimum Gasteiger partial charge on any atom is -0.355 e. The number of rotatable bonds is 8. The first kappa shape index (κ1) is 17.0. The van der Waals surface area contributed by atoms with Crippen molar-refractivity contribution in [3.63, 3.8) is 0 Å². The molecule has 122 valence electrons. The Kier molecular flexibility index (Phi) is 5.27. The van der Waals surface area contributed by atoms with Crippen LogP contribution < -0.4 is 5.32 Å². The molecule has 1 N–H and O–H groups in total. The Morgan fingerprint density at radius 1 is 1.23 bits per heavy atom. The van der Waals surface area contributed by atoms with Crippen LogP contribution in [0.15, 0.2) is 30.3 Å². The first-order valence-corrected chi connectivity index (χ1v) is 9.68. The molecule has 5 heteroatoms. The summed E-state index contributed by atoms with van der Waals surface area (Å²) >= 11 is 0. The topological polar surface area (TPSA) is 63.2 Å². The lowest BCUT2D eigenvalue weighted by Crippen LogP contribution is -2.33. The fraction of sp³-hybridized carbons (Fsp3) is 0.588. The number of carbonyl (C=O) groups is 1. The minimum absolute atomic E-state index is 0.0555. The van der Waals surface area contributed by atoms with Gasteiger partial charge in [0.25, 0.3) is 0 Å². The summed E-state index contributed by atoms with van der Waals surface area (Å²) in [5, 5.41) is 2.91. The monoisotopic (exact) mass is 323 g/mol. The maximum absolute atomic E-state index is 11.9. The van der Waals surface area contributed by atoms with Crippen LogP contribution in [0.2, 0.25) is 0 Å². The molecule has 1 saturated carbocycles. The lowest BCUT2D eigenvalue weighted by atomic mass is 9.96. The molecule has 0 unspecified atom stereocenters. The first-order chi connectivity index (χ1) is 10.3. The highest BCUT2D eigenvalue weighted by molar-refractivity contribution is 7.91. The largest absolute Gasteiger partial charge is 0.355 e. The van der Waals surface area contributed by atoms with E-state index in [-0.39, 0.29) is 35.2 Å². The SMILES string of the molecule is CC(C)CS(=O)(=O)CCC(=O)NCC1(c2ccccc2)CC1. The Hall–Kier alpha value is -1.36. The molecule has 1 fully saturated rings. The lowest BCUT2D eigenvalue weighted by Gasteiger charge is -2.16. The zero-order valence-electron chi connectivity index (χ0n) is 13.3. The van der Waals surface area contributed by atoms with E-state index in [4.69, 9.17) is 0 Å². The predicted octanol–water partition coefficient (Wildman–Crippen LogP) is 2.30. The third-order valence-corrected chi connectivity index (χ3v) is 6.09. The molecular formula is C17H25NO3S. The predicted molar refractivity (Wildman–Crippen MR) is 88.5 cm³/mol. The molecule has 0 atom stereocenters. The highest BCUT2D eigenvalue weighted by atomic mass is 32.2. The van der Waals surface area contributed by atoms with Gasteiger partial charge in [-0.1, -0.05) is 44.2 Å². The van der Waals surface area contributed by atoms with Gasteiger partial charge in [0.2, 0.25) is 5.91 Å². The second-order valence-electron chi connectivity index (χ2n) is 6.68. The van der Waals surface area contributed by atoms with Crippen LogP contribution >= 0.6 is 0 Å². The number of carbonyl (C=O) groups excluding carboxylic acids is 1. The van der Waals surface area contributed by atoms with Crippen LogP contribution in [-0.2, 0) is 20.0 Å². The van der Waals surface area contributed by atoms with Gasteiger partial charge < -0.3 is 5.32 Å². The molecule has 1 aromatic rings. The van der Waals surface area contributed by atoms with Gasteiger partial charge in [0, 0.05) is 18.4 Å². The summed E-state index contributed by atoms with van der Waals surface area (Å²) < 4.78 is 23.6. The third-order valence-electron chi connectivity index (χ3n) is 4.09. The van der Waals surface area contributed by atoms with Gasteiger partial charge in [0.15, 0.2) is 9.84 Å². The van der Waals surface area contributed by atoms with E-state index < -0.39 is 9.84 Å². The second kappa shape index (κ2) is 6.82. The van der Waals surface area contributed by atoms with E-state index in [0.717, 1.165) is 12.8 Å². The fourth-order valence-corrected chi connectivity index (χ4v) is 4.38. The Balaban J connectivity index is 1.79. The van der Waals surface area contributed by atoms with Crippen LogP contribution in [0.3, 0.4) is 0 Å². The summed E-state index contributed by atoms with van der Waals surface area (Å²) in [4.78, 5) is 11.9. The van der Waals surface area contributed by atoms with Crippen molar-refractivity contribution in [3.05, 3.63) is 35.9 Å². The molecule has 1 aliphatic carbocycles. The number of nitrogens with one attached hydrogen (secondary N) is 1. The maximum Gasteiger partial charge on any atom is 0.221 e. The van der Waals surface area contributed by atoms with Crippen LogP contribution in [0.5, 0.6) is 0 Å². The van der Waals surface area contributed by atoms with Crippen LogP contribution in [0, 0.1) is 5.92 Å². The van der Waals surface area contributed by atoms with E-state index in [1.54, 1.807) is 0 Å². The van der Waals surface area contributed by atoms with Crippen molar-refractivity contribution >= 4 is 15.7 Å². The van der Waals surface area contributed by atoms with Crippen molar-refractivity contribution in [2.45, 2.75) is 38.5 Å². The van der Waals surface area contributed by atoms with Gasteiger partial charge in [-0.15, -0.1) is 0 Å². The standard InChI is InChI=1S/C17H25NO3S/c1-14(2)12-22(20,21)11-8-16(19)18-13-17(9-10-17)15-6-4-3-5-7-15/h3-7,14H,8-13H2,1-2H3,(H,18,19). The van der Waals surface area contributed by atoms with Crippen molar-refractivity contribution in [1.82, 2.24) is 5.32 Å². The van der Waals surface area contributed by atoms with Crippen LogP contribution in [0.25, 0.3) is 0 Å². The van der Waals surface area contributed by atoms with Gasteiger partial charge >= 0.3 is 0 Å². The Morgan fingerprint density at radius 3 is 2.41 bits per heavy atom. The van der Waals surface area contributed by atoms with Gasteiger partial charge in [-0.2, -0.15) is 0 Å². The molecule has 4 nitrogen and oxygen atoms in total. The van der Waals surface area contributed by atoms with Crippen molar-refractivity contribution in [1.29, 1.82) is 0 Å². The van der Waals surface area contributed by atoms with Crippen LogP contribution in [0.1, 0.15) is 38.7 Å². The molecule has 0 heterocycles. The van der Waals surface area contributed by atoms with E-state index in [0.29, 0.717) is 6.54 Å². The van der Waals surface area contributed by atoms with Crippen molar-refractivity contribution in [3.8, 4) is 0 Å². The van der Waals surface area contributed by atoms with Gasteiger partial charge in [-0.25, -0.2) is 8.42 Å². The van der Waals surface area contributed by atoms with Gasteiger partial charge in [0.05, 0.1) is 11.5 Å². The van der Waals surface area contributed by atoms with E-state index in [1.807, 2.05) is 32.0 Å². The van der Waals surface area contributed by atoms with Gasteiger partial charge in [-0.05, 0) is 24.3 Å². The fourth-order valence-electron chi connectivity index (χ4n) is 2.71. The zero-order valence-corrected chi connectivity index (χ0v) is 14.2. The highest BCUT2D eigenvalue weighted by Crippen LogP contribution is 2.47. The van der Waals surface area contributed by atoms with Crippen molar-refractivity contribution in [2.75, 3.05) is 18.1 Å². The quantitative estimate of drug-likeness (QED) is 0.798. The summed E-state index contributed by atoms with van der Waals surface area (Å²) in [5.41, 5.74) is 1.32. The summed E-state index contributed by atoms with van der Waals surface area (Å²) in [7, 11) is -3.13. The summed E-state index contributed by atoms with van der Waals surface area (Å²) in [6, 6.07) is 10.2. The summed E-state index contributed by atoms with van der Waals surface area (Å²) in [6.45, 7) is 4.34. The molecule has 2 rings (SSSR count). The molecule has 0 saturated heterocycles. The molecule has 0 aromatic heterocycles. The molecule has 1 amide bonds. The number of benzene rings is 1. The third kappa shape index (κ3) is 4.83. The Labute approximate surface area is 133 Å². The van der Waals surface area contributed by atoms with Crippen molar-refractivity contribution in [2.24, 2.45) is 5.92 Å². The smallest absolute Gasteiger partial charge is 0.221 e. The van der Waals surface area contributed by atoms with E-state index in [9.17, 15) is 13.2 Å². The lowest BCUT2D eigenvalue weighted by molar-refractivity contribution is -0.120. The normalized spacial score (nSPS) is 16.5.